The number of aryl methyl sites for hydroxylation is 1. The van der Waals surface area contributed by atoms with Gasteiger partial charge in [0.1, 0.15) is 34.8 Å². The first-order valence-corrected chi connectivity index (χ1v) is 25.4. The third kappa shape index (κ3) is 12.8. The summed E-state index contributed by atoms with van der Waals surface area (Å²) in [6.45, 7) is 6.90. The molecule has 1 unspecified atom stereocenters. The SMILES string of the molecule is CNc1nc(Nc2ccc(C(=O)NCCNCC3CCC(CSC(C)(C)[C@H](NC(=O)C4(F)CC4)C(=O)N4C[C@H](O)[C@H](F)C4C(=O)NCc4ccc(-c5scnc5C)cc4)CC3)cc2OC)ncc1Cl. The van der Waals surface area contributed by atoms with Gasteiger partial charge in [0.15, 0.2) is 11.8 Å². The summed E-state index contributed by atoms with van der Waals surface area (Å²) < 4.78 is 35.3. The summed E-state index contributed by atoms with van der Waals surface area (Å²) in [4.78, 5) is 69.1. The van der Waals surface area contributed by atoms with Crippen LogP contribution >= 0.6 is 34.7 Å². The van der Waals surface area contributed by atoms with Crippen molar-refractivity contribution in [3.63, 3.8) is 0 Å². The van der Waals surface area contributed by atoms with E-state index in [1.54, 1.807) is 44.6 Å². The molecule has 0 bridgehead atoms. The van der Waals surface area contributed by atoms with Crippen LogP contribution in [0.5, 0.6) is 5.75 Å². The Balaban J connectivity index is 0.869. The van der Waals surface area contributed by atoms with Gasteiger partial charge in [-0.25, -0.2) is 18.7 Å². The van der Waals surface area contributed by atoms with E-state index < -0.39 is 59.0 Å². The zero-order chi connectivity index (χ0) is 49.5. The van der Waals surface area contributed by atoms with Crippen molar-refractivity contribution in [1.82, 2.24) is 41.1 Å². The van der Waals surface area contributed by atoms with E-state index in [0.29, 0.717) is 64.5 Å². The van der Waals surface area contributed by atoms with Crippen molar-refractivity contribution < 1.29 is 37.8 Å². The number of aliphatic hydroxyl groups excluding tert-OH is 1. The number of carbonyl (C=O) groups excluding carboxylic acids is 4. The predicted molar refractivity (Wildman–Crippen MR) is 266 cm³/mol. The smallest absolute Gasteiger partial charge is 0.258 e. The molecule has 2 saturated carbocycles. The first-order chi connectivity index (χ1) is 33.0. The average Bonchev–Trinajstić information content (AvgIpc) is 3.84. The number of benzene rings is 2. The summed E-state index contributed by atoms with van der Waals surface area (Å²) in [7, 11) is 3.22. The summed E-state index contributed by atoms with van der Waals surface area (Å²) in [5, 5.41) is 28.8. The molecule has 16 nitrogen and oxygen atoms in total. The van der Waals surface area contributed by atoms with E-state index in [1.807, 2.05) is 31.2 Å². The maximum atomic E-state index is 15.7. The number of carbonyl (C=O) groups is 4. The molecule has 2 aliphatic carbocycles. The number of thiazole rings is 1. The molecule has 3 fully saturated rings. The molecular weight excluding hydrogens is 950 g/mol. The van der Waals surface area contributed by atoms with E-state index in [2.05, 4.69) is 46.9 Å². The molecule has 7 rings (SSSR count). The molecule has 3 aliphatic rings. The van der Waals surface area contributed by atoms with Crippen LogP contribution in [0.3, 0.4) is 0 Å². The van der Waals surface area contributed by atoms with Gasteiger partial charge in [-0.2, -0.15) is 16.7 Å². The Morgan fingerprint density at radius 3 is 2.43 bits per heavy atom. The van der Waals surface area contributed by atoms with Crippen molar-refractivity contribution >= 4 is 75.8 Å². The van der Waals surface area contributed by atoms with Gasteiger partial charge in [0, 0.05) is 37.0 Å². The number of amides is 4. The van der Waals surface area contributed by atoms with Gasteiger partial charge in [0.2, 0.25) is 17.8 Å². The maximum Gasteiger partial charge on any atom is 0.258 e. The third-order valence-corrected chi connectivity index (χ3v) is 15.9. The first kappa shape index (κ1) is 51.7. The lowest BCUT2D eigenvalue weighted by Crippen LogP contribution is -2.61. The standard InChI is InChI=1S/C48H61ClF2N10O6S2/c1-27-39(68-26-57-27)31-12-10-29(11-13-31)22-55-43(64)38-37(50)35(62)24-61(38)44(65)40(59-45(66)48(51)16-17-48)47(2,3)69-25-30-8-6-28(7-9-30)21-53-18-19-54-42(63)32-14-15-34(36(20-32)67-5)58-46-56-23-33(49)41(52-4)60-46/h10-15,20,23,26,28,30,35,37-38,40,53,62H,6-9,16-19,21-22,24-25H2,1-5H3,(H,54,63)(H,55,64)(H,59,66)(H2,52,56,58,60)/t28?,30?,35-,37-,38?,40+/m0/s1. The Bertz CT molecular complexity index is 2460. The topological polar surface area (TPSA) is 212 Å². The summed E-state index contributed by atoms with van der Waals surface area (Å²) >= 11 is 9.10. The van der Waals surface area contributed by atoms with Gasteiger partial charge >= 0.3 is 0 Å². The lowest BCUT2D eigenvalue weighted by atomic mass is 9.83. The highest BCUT2D eigenvalue weighted by molar-refractivity contribution is 8.00. The molecule has 7 N–H and O–H groups in total. The highest BCUT2D eigenvalue weighted by atomic mass is 35.5. The molecule has 4 atom stereocenters. The van der Waals surface area contributed by atoms with Gasteiger partial charge < -0.3 is 46.6 Å². The van der Waals surface area contributed by atoms with E-state index in [1.165, 1.54) is 36.4 Å². The van der Waals surface area contributed by atoms with Crippen molar-refractivity contribution in [2.75, 3.05) is 56.7 Å². The largest absolute Gasteiger partial charge is 0.495 e. The zero-order valence-corrected chi connectivity index (χ0v) is 41.8. The Labute approximate surface area is 414 Å². The number of alkyl halides is 2. The summed E-state index contributed by atoms with van der Waals surface area (Å²) in [6, 6.07) is 9.61. The number of methoxy groups -OCH3 is 1. The highest BCUT2D eigenvalue weighted by Crippen LogP contribution is 2.42. The molecule has 4 amide bonds. The molecule has 0 radical (unpaired) electrons. The van der Waals surface area contributed by atoms with Gasteiger partial charge in [-0.3, -0.25) is 19.2 Å². The summed E-state index contributed by atoms with van der Waals surface area (Å²) in [6.07, 6.45) is 1.69. The Morgan fingerprint density at radius 1 is 1.04 bits per heavy atom. The molecule has 1 aliphatic heterocycles. The van der Waals surface area contributed by atoms with E-state index in [4.69, 9.17) is 16.3 Å². The Morgan fingerprint density at radius 2 is 1.77 bits per heavy atom. The molecule has 2 aromatic heterocycles. The second kappa shape index (κ2) is 22.7. The lowest BCUT2D eigenvalue weighted by molar-refractivity contribution is -0.143. The number of aliphatic hydroxyl groups is 1. The van der Waals surface area contributed by atoms with Gasteiger partial charge in [0.05, 0.1) is 41.6 Å². The van der Waals surface area contributed by atoms with Crippen LogP contribution in [0.1, 0.15) is 74.0 Å². The highest BCUT2D eigenvalue weighted by Gasteiger charge is 2.55. The van der Waals surface area contributed by atoms with Crippen LogP contribution in [0.2, 0.25) is 5.02 Å². The molecule has 1 saturated heterocycles. The molecule has 69 heavy (non-hydrogen) atoms. The number of hydrogen-bond donors (Lipinski definition) is 7. The summed E-state index contributed by atoms with van der Waals surface area (Å²) in [5.41, 5.74) is 3.34. The first-order valence-electron chi connectivity index (χ1n) is 23.2. The second-order valence-electron chi connectivity index (χ2n) is 18.4. The number of aromatic nitrogens is 3. The molecule has 0 spiro atoms. The van der Waals surface area contributed by atoms with E-state index in [0.717, 1.165) is 58.8 Å². The van der Waals surface area contributed by atoms with Crippen molar-refractivity contribution in [3.8, 4) is 16.2 Å². The number of nitrogens with one attached hydrogen (secondary N) is 6. The van der Waals surface area contributed by atoms with Crippen LogP contribution in [0.15, 0.2) is 54.2 Å². The fourth-order valence-electron chi connectivity index (χ4n) is 8.60. The number of β-amino-alcohol motifs (C(OH)–C–C–N with tert-alkyl or cyclic N) is 1. The fraction of sp³-hybridized carbons (Fsp3) is 0.521. The zero-order valence-electron chi connectivity index (χ0n) is 39.4. The number of hydrogen-bond acceptors (Lipinski definition) is 14. The van der Waals surface area contributed by atoms with Crippen LogP contribution < -0.4 is 36.6 Å². The van der Waals surface area contributed by atoms with Crippen molar-refractivity contribution in [3.05, 3.63) is 76.0 Å². The number of rotatable bonds is 21. The van der Waals surface area contributed by atoms with E-state index in [-0.39, 0.29) is 25.3 Å². The van der Waals surface area contributed by atoms with Crippen LogP contribution in [-0.2, 0) is 20.9 Å². The quantitative estimate of drug-likeness (QED) is 0.0464. The predicted octanol–water partition coefficient (Wildman–Crippen LogP) is 6.21. The number of ether oxygens (including phenoxy) is 1. The third-order valence-electron chi connectivity index (χ3n) is 13.1. The fourth-order valence-corrected chi connectivity index (χ4v) is 10.9. The van der Waals surface area contributed by atoms with Gasteiger partial charge in [-0.05, 0) is 113 Å². The molecular formula is C48H61ClF2N10O6S2. The number of nitrogens with zero attached hydrogens (tertiary/aromatic N) is 4. The van der Waals surface area contributed by atoms with Crippen LogP contribution in [-0.4, -0.2) is 129 Å². The minimum absolute atomic E-state index is 0.0370. The average molecular weight is 1010 g/mol. The van der Waals surface area contributed by atoms with Crippen molar-refractivity contribution in [2.45, 2.75) is 101 Å². The monoisotopic (exact) mass is 1010 g/mol. The minimum Gasteiger partial charge on any atom is -0.495 e. The van der Waals surface area contributed by atoms with Gasteiger partial charge in [-0.1, -0.05) is 35.9 Å². The lowest BCUT2D eigenvalue weighted by Gasteiger charge is -2.38. The molecule has 2 aromatic carbocycles. The molecule has 21 heteroatoms. The molecule has 3 heterocycles. The number of thioether (sulfide) groups is 1. The number of halogens is 3. The second-order valence-corrected chi connectivity index (χ2v) is 21.4. The van der Waals surface area contributed by atoms with Gasteiger partial charge in [0.25, 0.3) is 11.8 Å². The van der Waals surface area contributed by atoms with E-state index in [9.17, 15) is 24.3 Å². The summed E-state index contributed by atoms with van der Waals surface area (Å²) in [5.74, 6) is -0.0484. The number of likely N-dealkylation sites (tertiary alicyclic amines) is 1. The van der Waals surface area contributed by atoms with Crippen molar-refractivity contribution in [2.24, 2.45) is 11.8 Å². The number of anilines is 3. The van der Waals surface area contributed by atoms with Crippen molar-refractivity contribution in [1.29, 1.82) is 0 Å². The Hall–Kier alpha value is -5.15. The normalized spacial score (nSPS) is 21.2. The van der Waals surface area contributed by atoms with Gasteiger partial charge in [-0.15, -0.1) is 11.3 Å². The van der Waals surface area contributed by atoms with Crippen LogP contribution in [0.4, 0.5) is 26.2 Å². The van der Waals surface area contributed by atoms with Crippen LogP contribution in [0.25, 0.3) is 10.4 Å². The minimum atomic E-state index is -2.08. The Kier molecular flexibility index (Phi) is 17.0. The van der Waals surface area contributed by atoms with E-state index >= 15 is 8.78 Å². The van der Waals surface area contributed by atoms with Crippen LogP contribution in [0, 0.1) is 18.8 Å². The maximum absolute atomic E-state index is 15.7. The molecule has 372 valence electrons. The molecule has 4 aromatic rings.